The monoisotopic (exact) mass is 1400 g/mol. The molecule has 0 N–H and O–H groups in total. The maximum Gasteiger partial charge on any atom is 0.209 e. The van der Waals surface area contributed by atoms with Crippen molar-refractivity contribution in [2.45, 2.75) is 208 Å². The number of unbranched alkanes of at least 4 members (excludes halogenated alkanes) is 10. The number of hydrogen-bond donors (Lipinski definition) is 0. The number of rotatable bonds is 26. The summed E-state index contributed by atoms with van der Waals surface area (Å²) < 4.78 is 8.61. The number of hydrogen-bond acceptors (Lipinski definition) is 9. The molecule has 92 heavy (non-hydrogen) atoms. The molecule has 6 aromatic heterocycles. The van der Waals surface area contributed by atoms with Gasteiger partial charge in [0.05, 0.1) is 47.5 Å². The summed E-state index contributed by atoms with van der Waals surface area (Å²) in [5, 5.41) is 15.1. The molecule has 0 fully saturated rings. The van der Waals surface area contributed by atoms with Crippen LogP contribution in [0.5, 0.6) is 0 Å². The molecule has 0 radical (unpaired) electrons. The topological polar surface area (TPSA) is 46.4 Å². The van der Waals surface area contributed by atoms with Gasteiger partial charge in [0, 0.05) is 99.0 Å². The largest absolute Gasteiger partial charge is 0.871 e. The molecular formula is C78H100N2O2S6Si4. The Bertz CT molecular complexity index is 4050. The van der Waals surface area contributed by atoms with Gasteiger partial charge in [-0.05, 0) is 128 Å². The molecule has 486 valence electrons. The van der Waals surface area contributed by atoms with Crippen LogP contribution in [-0.2, 0) is 15.6 Å². The smallest absolute Gasteiger partial charge is 0.209 e. The highest BCUT2D eigenvalue weighted by atomic mass is 32.1. The second-order valence-corrected chi connectivity index (χ2v) is 59.5. The Morgan fingerprint density at radius 1 is 0.467 bits per heavy atom. The van der Waals surface area contributed by atoms with Crippen molar-refractivity contribution >= 4 is 141 Å². The number of allylic oxidation sites excluding steroid dienone is 5. The lowest BCUT2D eigenvalue weighted by molar-refractivity contribution is -0.438. The molecule has 2 aromatic carbocycles. The normalized spacial score (nSPS) is 16.7. The van der Waals surface area contributed by atoms with Crippen LogP contribution >= 0.6 is 68.0 Å². The molecule has 0 saturated heterocycles. The third-order valence-corrected chi connectivity index (χ3v) is 40.7. The van der Waals surface area contributed by atoms with Gasteiger partial charge in [-0.15, -0.1) is 68.0 Å². The highest BCUT2D eigenvalue weighted by molar-refractivity contribution is 7.33. The summed E-state index contributed by atoms with van der Waals surface area (Å²) in [4.78, 5) is 28.2. The third-order valence-electron chi connectivity index (χ3n) is 19.2. The van der Waals surface area contributed by atoms with Gasteiger partial charge in [-0.3, -0.25) is 4.79 Å². The summed E-state index contributed by atoms with van der Waals surface area (Å²) in [5.41, 5.74) is 11.8. The summed E-state index contributed by atoms with van der Waals surface area (Å²) in [5.74, 6) is -0.278. The Balaban J connectivity index is 0.955. The van der Waals surface area contributed by atoms with Gasteiger partial charge in [0.15, 0.2) is 11.5 Å². The number of carbonyl (C=O) groups is 1. The summed E-state index contributed by atoms with van der Waals surface area (Å²) in [6, 6.07) is 38.2. The van der Waals surface area contributed by atoms with Gasteiger partial charge in [-0.25, -0.2) is 0 Å². The first kappa shape index (κ1) is 69.0. The number of thiophene rings is 6. The zero-order valence-corrected chi connectivity index (χ0v) is 67.4. The third kappa shape index (κ3) is 14.0. The van der Waals surface area contributed by atoms with Crippen LogP contribution in [-0.4, -0.2) is 61.5 Å². The predicted molar refractivity (Wildman–Crippen MR) is 423 cm³/mol. The maximum absolute atomic E-state index is 15.1. The SMILES string of the molecule is CCCCCCCCN1/C(=C/C2=C([O-])C(=C\C3=[N+](CCCCCCCC)c4ccc(-c5cc(-c6ccc([Si](C)(C)C)s6)c(-c6ccc([Si](C)(C)C)s6)s5)cc4C3(C)C)/C2=O)C(C)(C)c2cc(-c3cc(-c4ccc([Si](C)(C)C)s4)c(-c4ccc([Si](C)(C)C)s4)s3)ccc21. The first-order chi connectivity index (χ1) is 43.4. The van der Waals surface area contributed by atoms with E-state index in [1.54, 1.807) is 0 Å². The average Bonchev–Trinajstić information content (AvgIpc) is 1.56. The maximum atomic E-state index is 15.1. The molecule has 1 aliphatic carbocycles. The number of anilines is 1. The van der Waals surface area contributed by atoms with E-state index in [9.17, 15) is 0 Å². The van der Waals surface area contributed by atoms with Gasteiger partial charge >= 0.3 is 0 Å². The quantitative estimate of drug-likeness (QED) is 0.0235. The van der Waals surface area contributed by atoms with Crippen LogP contribution in [0.4, 0.5) is 11.4 Å². The lowest BCUT2D eigenvalue weighted by Gasteiger charge is -2.33. The molecule has 14 heteroatoms. The molecule has 0 spiro atoms. The Morgan fingerprint density at radius 2 is 0.902 bits per heavy atom. The van der Waals surface area contributed by atoms with Gasteiger partial charge in [-0.2, -0.15) is 4.58 Å². The molecule has 0 atom stereocenters. The van der Waals surface area contributed by atoms with Crippen molar-refractivity contribution in [3.63, 3.8) is 0 Å². The van der Waals surface area contributed by atoms with Crippen LogP contribution in [0.1, 0.15) is 130 Å². The fourth-order valence-electron chi connectivity index (χ4n) is 13.4. The van der Waals surface area contributed by atoms with Gasteiger partial charge in [0.25, 0.3) is 0 Å². The lowest BCUT2D eigenvalue weighted by Crippen LogP contribution is -2.35. The van der Waals surface area contributed by atoms with E-state index in [1.165, 1.54) is 153 Å². The second kappa shape index (κ2) is 26.9. The number of benzene rings is 2. The van der Waals surface area contributed by atoms with Crippen molar-refractivity contribution in [3.05, 3.63) is 143 Å². The van der Waals surface area contributed by atoms with Crippen molar-refractivity contribution in [1.29, 1.82) is 0 Å². The van der Waals surface area contributed by atoms with Crippen molar-refractivity contribution in [1.82, 2.24) is 0 Å². The Morgan fingerprint density at radius 3 is 1.37 bits per heavy atom. The van der Waals surface area contributed by atoms with E-state index in [2.05, 4.69) is 227 Å². The zero-order chi connectivity index (χ0) is 66.0. The number of Topliss-reactive ketones (excluding diaryl/α,β-unsaturated/α-hetero) is 1. The van der Waals surface area contributed by atoms with Crippen LogP contribution in [0.2, 0.25) is 78.6 Å². The fraction of sp³-hybridized carbons (Fsp3) is 0.436. The highest BCUT2D eigenvalue weighted by Gasteiger charge is 2.47. The predicted octanol–water partition coefficient (Wildman–Crippen LogP) is 22.1. The van der Waals surface area contributed by atoms with Crippen LogP contribution < -0.4 is 28.0 Å². The molecule has 2 aliphatic heterocycles. The van der Waals surface area contributed by atoms with Crippen LogP contribution in [0.3, 0.4) is 0 Å². The van der Waals surface area contributed by atoms with E-state index in [-0.39, 0.29) is 11.5 Å². The molecule has 8 aromatic rings. The number of carbonyl (C=O) groups excluding carboxylic acids is 1. The summed E-state index contributed by atoms with van der Waals surface area (Å²) >= 11 is 11.8. The van der Waals surface area contributed by atoms with Crippen molar-refractivity contribution in [2.24, 2.45) is 0 Å². The van der Waals surface area contributed by atoms with Gasteiger partial charge in [0.2, 0.25) is 5.69 Å². The molecule has 3 aliphatic rings. The minimum atomic E-state index is -1.50. The van der Waals surface area contributed by atoms with E-state index in [0.717, 1.165) is 50.2 Å². The molecule has 4 nitrogen and oxygen atoms in total. The summed E-state index contributed by atoms with van der Waals surface area (Å²) in [6.45, 7) is 44.9. The first-order valence-corrected chi connectivity index (χ1v) is 53.1. The van der Waals surface area contributed by atoms with E-state index >= 15 is 9.90 Å². The summed E-state index contributed by atoms with van der Waals surface area (Å²) in [7, 11) is -6.01. The van der Waals surface area contributed by atoms with E-state index < -0.39 is 43.1 Å². The van der Waals surface area contributed by atoms with Gasteiger partial charge in [0.1, 0.15) is 6.54 Å². The molecule has 8 heterocycles. The highest BCUT2D eigenvalue weighted by Crippen LogP contribution is 2.54. The minimum Gasteiger partial charge on any atom is -0.871 e. The number of fused-ring (bicyclic) bond motifs is 2. The Labute approximate surface area is 580 Å². The van der Waals surface area contributed by atoms with Crippen molar-refractivity contribution in [3.8, 4) is 61.3 Å². The van der Waals surface area contributed by atoms with Crippen LogP contribution in [0.15, 0.2) is 132 Å². The molecule has 0 amide bonds. The minimum absolute atomic E-state index is 0.139. The molecular weight excluding hydrogens is 1300 g/mol. The first-order valence-electron chi connectivity index (χ1n) is 34.2. The van der Waals surface area contributed by atoms with Crippen molar-refractivity contribution in [2.75, 3.05) is 18.0 Å². The van der Waals surface area contributed by atoms with Crippen molar-refractivity contribution < 1.29 is 14.5 Å². The second-order valence-electron chi connectivity index (χ2n) is 31.5. The van der Waals surface area contributed by atoms with Crippen LogP contribution in [0.25, 0.3) is 61.3 Å². The standard InChI is InChI=1S/C78H100N2O2S6Si4/c1-19-21-23-25-27-29-43-79-59-33-31-51(65-47-53(61-35-39-69(83-61)89(7,8)9)75(87-65)63-37-41-71(85-63)91(13,14)15)45-57(59)77(3,4)67(79)49-55-73(81)56(74(55)82)50-68-78(5,6)58-46-52(32-34-60(58)80(68)44-30-28-26-24-22-20-2)66-48-54(62-36-40-70(84-62)90(10,11)12)76(88-66)64-38-42-72(86-64)92(16,17)18/h31-42,45-50H,19-30,43-44H2,1-18H3. The van der Waals surface area contributed by atoms with Crippen LogP contribution in [0, 0.1) is 0 Å². The lowest BCUT2D eigenvalue weighted by atomic mass is 9.77. The molecule has 0 bridgehead atoms. The van der Waals surface area contributed by atoms with E-state index in [0.29, 0.717) is 11.1 Å². The molecule has 11 rings (SSSR count). The average molecular weight is 1400 g/mol. The van der Waals surface area contributed by atoms with Gasteiger partial charge in [-0.1, -0.05) is 200 Å². The van der Waals surface area contributed by atoms with Gasteiger partial charge < -0.3 is 10.0 Å². The summed E-state index contributed by atoms with van der Waals surface area (Å²) in [6.07, 6.45) is 18.3. The Kier molecular flexibility index (Phi) is 20.2. The van der Waals surface area contributed by atoms with E-state index in [1.807, 2.05) is 80.2 Å². The number of ketones is 1. The Hall–Kier alpha value is -4.33. The molecule has 0 saturated carbocycles. The number of nitrogens with zero attached hydrogens (tertiary/aromatic N) is 2. The molecule has 0 unspecified atom stereocenters. The fourth-order valence-corrected chi connectivity index (χ4v) is 27.8. The zero-order valence-electron chi connectivity index (χ0n) is 58.5. The van der Waals surface area contributed by atoms with E-state index in [4.69, 9.17) is 0 Å².